The molecule has 0 spiro atoms. The first-order valence-corrected chi connectivity index (χ1v) is 11.2. The van der Waals surface area contributed by atoms with E-state index in [9.17, 15) is 8.42 Å². The Morgan fingerprint density at radius 3 is 2.37 bits per heavy atom. The van der Waals surface area contributed by atoms with Crippen LogP contribution in [0.4, 0.5) is 0 Å². The Hall–Kier alpha value is -1.62. The third-order valence-corrected chi connectivity index (χ3v) is 6.40. The Bertz CT molecular complexity index is 816. The molecule has 1 aromatic rings. The highest BCUT2D eigenvalue weighted by molar-refractivity contribution is 7.89. The lowest BCUT2D eigenvalue weighted by molar-refractivity contribution is 0.152. The lowest BCUT2D eigenvalue weighted by atomic mass is 9.62. The molecule has 1 atom stereocenters. The molecule has 1 aliphatic carbocycles. The number of hydrazone groups is 1. The SMILES string of the molecule is CC(C)=CCC[C@]1(C)C/C(=N/NS(=O)(=O)c2ccc(C)cc2)CC(C)(C)C1. The Morgan fingerprint density at radius 2 is 1.78 bits per heavy atom. The number of nitrogens with zero attached hydrogens (tertiary/aromatic N) is 1. The Morgan fingerprint density at radius 1 is 1.15 bits per heavy atom. The minimum absolute atomic E-state index is 0.117. The average Bonchev–Trinajstić information content (AvgIpc) is 2.51. The third-order valence-electron chi connectivity index (χ3n) is 5.17. The second-order valence-corrected chi connectivity index (χ2v) is 11.1. The van der Waals surface area contributed by atoms with Crippen LogP contribution >= 0.6 is 0 Å². The van der Waals surface area contributed by atoms with Crippen molar-refractivity contribution in [3.05, 3.63) is 41.5 Å². The van der Waals surface area contributed by atoms with Crippen molar-refractivity contribution in [3.63, 3.8) is 0 Å². The summed E-state index contributed by atoms with van der Waals surface area (Å²) in [5.41, 5.74) is 3.57. The highest BCUT2D eigenvalue weighted by atomic mass is 32.2. The molecule has 1 aromatic carbocycles. The molecule has 0 aliphatic heterocycles. The van der Waals surface area contributed by atoms with Crippen LogP contribution in [0.2, 0.25) is 0 Å². The predicted molar refractivity (Wildman–Crippen MR) is 113 cm³/mol. The zero-order chi connectivity index (χ0) is 20.3. The normalized spacial score (nSPS) is 23.9. The van der Waals surface area contributed by atoms with Crippen molar-refractivity contribution in [1.82, 2.24) is 4.83 Å². The first-order valence-electron chi connectivity index (χ1n) is 9.68. The topological polar surface area (TPSA) is 58.5 Å². The summed E-state index contributed by atoms with van der Waals surface area (Å²) in [6.07, 6.45) is 7.21. The molecule has 0 saturated heterocycles. The summed E-state index contributed by atoms with van der Waals surface area (Å²) in [5, 5.41) is 4.35. The average molecular weight is 391 g/mol. The van der Waals surface area contributed by atoms with Crippen molar-refractivity contribution in [3.8, 4) is 0 Å². The first-order chi connectivity index (χ1) is 12.4. The molecule has 0 radical (unpaired) electrons. The molecule has 1 aliphatic rings. The molecule has 5 heteroatoms. The van der Waals surface area contributed by atoms with Crippen molar-refractivity contribution in [2.45, 2.75) is 78.5 Å². The van der Waals surface area contributed by atoms with Gasteiger partial charge in [0.25, 0.3) is 10.0 Å². The van der Waals surface area contributed by atoms with Gasteiger partial charge in [0.05, 0.1) is 4.90 Å². The van der Waals surface area contributed by atoms with Crippen molar-refractivity contribution >= 4 is 15.7 Å². The van der Waals surface area contributed by atoms with Crippen LogP contribution in [0.25, 0.3) is 0 Å². The van der Waals surface area contributed by atoms with E-state index in [0.29, 0.717) is 0 Å². The number of nitrogens with one attached hydrogen (secondary N) is 1. The molecule has 0 amide bonds. The van der Waals surface area contributed by atoms with E-state index in [-0.39, 0.29) is 15.7 Å². The Balaban J connectivity index is 2.15. The number of aryl methyl sites for hydroxylation is 1. The van der Waals surface area contributed by atoms with E-state index in [2.05, 4.69) is 50.6 Å². The number of rotatable bonds is 6. The van der Waals surface area contributed by atoms with Gasteiger partial charge in [-0.3, -0.25) is 0 Å². The van der Waals surface area contributed by atoms with Crippen LogP contribution in [0.5, 0.6) is 0 Å². The molecular weight excluding hydrogens is 356 g/mol. The predicted octanol–water partition coefficient (Wildman–Crippen LogP) is 5.59. The van der Waals surface area contributed by atoms with Gasteiger partial charge in [0.2, 0.25) is 0 Å². The summed E-state index contributed by atoms with van der Waals surface area (Å²) < 4.78 is 25.1. The van der Waals surface area contributed by atoms with Gasteiger partial charge < -0.3 is 0 Å². The van der Waals surface area contributed by atoms with Gasteiger partial charge in [-0.05, 0) is 75.8 Å². The molecule has 2 rings (SSSR count). The molecule has 0 aromatic heterocycles. The fraction of sp³-hybridized carbons (Fsp3) is 0.591. The lowest BCUT2D eigenvalue weighted by Crippen LogP contribution is -2.37. The van der Waals surface area contributed by atoms with Gasteiger partial charge in [-0.25, -0.2) is 4.83 Å². The monoisotopic (exact) mass is 390 g/mol. The van der Waals surface area contributed by atoms with Crippen LogP contribution in [-0.4, -0.2) is 14.1 Å². The summed E-state index contributed by atoms with van der Waals surface area (Å²) in [6.45, 7) is 13.0. The molecule has 150 valence electrons. The highest BCUT2D eigenvalue weighted by Gasteiger charge is 2.39. The zero-order valence-electron chi connectivity index (χ0n) is 17.6. The van der Waals surface area contributed by atoms with Crippen molar-refractivity contribution in [2.75, 3.05) is 0 Å². The van der Waals surface area contributed by atoms with Gasteiger partial charge >= 0.3 is 0 Å². The Kier molecular flexibility index (Phi) is 6.56. The van der Waals surface area contributed by atoms with Crippen molar-refractivity contribution < 1.29 is 8.42 Å². The summed E-state index contributed by atoms with van der Waals surface area (Å²) in [6, 6.07) is 6.83. The van der Waals surface area contributed by atoms with E-state index in [1.807, 2.05) is 6.92 Å². The third kappa shape index (κ3) is 6.49. The second-order valence-electron chi connectivity index (χ2n) is 9.41. The maximum atomic E-state index is 12.5. The van der Waals surface area contributed by atoms with Crippen LogP contribution in [0.15, 0.2) is 45.9 Å². The van der Waals surface area contributed by atoms with Crippen LogP contribution in [0.3, 0.4) is 0 Å². The maximum absolute atomic E-state index is 12.5. The number of hydrogen-bond donors (Lipinski definition) is 1. The van der Waals surface area contributed by atoms with Crippen LogP contribution in [0, 0.1) is 17.8 Å². The molecule has 1 fully saturated rings. The summed E-state index contributed by atoms with van der Waals surface area (Å²) >= 11 is 0. The van der Waals surface area contributed by atoms with E-state index in [1.165, 1.54) is 5.57 Å². The molecular formula is C22H34N2O2S. The number of benzene rings is 1. The first kappa shape index (κ1) is 21.7. The molecule has 0 bridgehead atoms. The van der Waals surface area contributed by atoms with E-state index < -0.39 is 10.0 Å². The minimum atomic E-state index is -3.63. The van der Waals surface area contributed by atoms with E-state index in [4.69, 9.17) is 0 Å². The zero-order valence-corrected chi connectivity index (χ0v) is 18.4. The number of sulfonamides is 1. The summed E-state index contributed by atoms with van der Waals surface area (Å²) in [5.74, 6) is 0. The quantitative estimate of drug-likeness (QED) is 0.508. The van der Waals surface area contributed by atoms with Gasteiger partial charge in [0.15, 0.2) is 0 Å². The van der Waals surface area contributed by atoms with Gasteiger partial charge in [-0.1, -0.05) is 50.1 Å². The number of allylic oxidation sites excluding steroid dienone is 2. The summed E-state index contributed by atoms with van der Waals surface area (Å²) in [4.78, 5) is 2.71. The van der Waals surface area contributed by atoms with E-state index in [0.717, 1.165) is 43.4 Å². The maximum Gasteiger partial charge on any atom is 0.276 e. The van der Waals surface area contributed by atoms with Crippen molar-refractivity contribution in [1.29, 1.82) is 0 Å². The molecule has 4 nitrogen and oxygen atoms in total. The molecule has 0 unspecified atom stereocenters. The van der Waals surface area contributed by atoms with Crippen molar-refractivity contribution in [2.24, 2.45) is 15.9 Å². The minimum Gasteiger partial charge on any atom is -0.200 e. The van der Waals surface area contributed by atoms with Gasteiger partial charge in [0, 0.05) is 5.71 Å². The summed E-state index contributed by atoms with van der Waals surface area (Å²) in [7, 11) is -3.63. The van der Waals surface area contributed by atoms with Crippen LogP contribution in [0.1, 0.15) is 72.3 Å². The molecule has 1 N–H and O–H groups in total. The van der Waals surface area contributed by atoms with Gasteiger partial charge in [-0.2, -0.15) is 13.5 Å². The second kappa shape index (κ2) is 8.17. The van der Waals surface area contributed by atoms with E-state index in [1.54, 1.807) is 24.3 Å². The van der Waals surface area contributed by atoms with Crippen LogP contribution in [-0.2, 0) is 10.0 Å². The van der Waals surface area contributed by atoms with Crippen LogP contribution < -0.4 is 4.83 Å². The highest BCUT2D eigenvalue weighted by Crippen LogP contribution is 2.47. The smallest absolute Gasteiger partial charge is 0.200 e. The fourth-order valence-corrected chi connectivity index (χ4v) is 5.10. The van der Waals surface area contributed by atoms with Gasteiger partial charge in [-0.15, -0.1) is 0 Å². The fourth-order valence-electron chi connectivity index (χ4n) is 4.25. The molecule has 1 saturated carbocycles. The molecule has 27 heavy (non-hydrogen) atoms. The van der Waals surface area contributed by atoms with E-state index >= 15 is 0 Å². The van der Waals surface area contributed by atoms with Gasteiger partial charge in [0.1, 0.15) is 0 Å². The Labute approximate surface area is 165 Å². The largest absolute Gasteiger partial charge is 0.276 e. The lowest BCUT2D eigenvalue weighted by Gasteiger charge is -2.43. The number of hydrogen-bond acceptors (Lipinski definition) is 3. The standard InChI is InChI=1S/C22H34N2O2S/c1-17(2)8-7-13-22(6)15-19(14-21(4,5)16-22)23-24-27(25,26)20-11-9-18(3)10-12-20/h8-12,24H,7,13-16H2,1-6H3/b23-19+/t22-/m1/s1. The molecule has 0 heterocycles.